The van der Waals surface area contributed by atoms with Gasteiger partial charge in [-0.2, -0.15) is 0 Å². The average molecular weight is 179 g/mol. The van der Waals surface area contributed by atoms with Gasteiger partial charge in [0.25, 0.3) is 0 Å². The van der Waals surface area contributed by atoms with E-state index in [-0.39, 0.29) is 0 Å². The third-order valence-corrected chi connectivity index (χ3v) is 2.68. The van der Waals surface area contributed by atoms with Crippen LogP contribution in [0.3, 0.4) is 0 Å². The quantitative estimate of drug-likeness (QED) is 0.672. The van der Waals surface area contributed by atoms with Crippen LogP contribution >= 0.6 is 11.3 Å². The van der Waals surface area contributed by atoms with Gasteiger partial charge < -0.3 is 4.42 Å². The SMILES string of the molecule is Cc1cnc(-c2sccc2C)o1. The molecule has 2 rings (SSSR count). The minimum absolute atomic E-state index is 0.736. The highest BCUT2D eigenvalue weighted by atomic mass is 32.1. The van der Waals surface area contributed by atoms with Crippen molar-refractivity contribution in [1.82, 2.24) is 4.98 Å². The van der Waals surface area contributed by atoms with Crippen LogP contribution in [0.2, 0.25) is 0 Å². The highest BCUT2D eigenvalue weighted by Crippen LogP contribution is 2.27. The van der Waals surface area contributed by atoms with E-state index >= 15 is 0 Å². The van der Waals surface area contributed by atoms with Gasteiger partial charge in [0, 0.05) is 0 Å². The molecule has 0 unspecified atom stereocenters. The van der Waals surface area contributed by atoms with Gasteiger partial charge in [0.15, 0.2) is 0 Å². The van der Waals surface area contributed by atoms with E-state index in [1.165, 1.54) is 5.56 Å². The number of aromatic nitrogens is 1. The van der Waals surface area contributed by atoms with E-state index in [0.717, 1.165) is 16.5 Å². The van der Waals surface area contributed by atoms with Crippen molar-refractivity contribution < 1.29 is 4.42 Å². The van der Waals surface area contributed by atoms with Gasteiger partial charge in [0.2, 0.25) is 5.89 Å². The minimum Gasteiger partial charge on any atom is -0.441 e. The fourth-order valence-electron chi connectivity index (χ4n) is 1.05. The number of hydrogen-bond donors (Lipinski definition) is 0. The monoisotopic (exact) mass is 179 g/mol. The summed E-state index contributed by atoms with van der Waals surface area (Å²) in [5.41, 5.74) is 1.22. The second-order valence-electron chi connectivity index (χ2n) is 2.71. The van der Waals surface area contributed by atoms with Gasteiger partial charge in [-0.25, -0.2) is 4.98 Å². The zero-order valence-electron chi connectivity index (χ0n) is 7.00. The Balaban J connectivity index is 2.50. The summed E-state index contributed by atoms with van der Waals surface area (Å²) < 4.78 is 5.41. The van der Waals surface area contributed by atoms with Gasteiger partial charge in [0.1, 0.15) is 5.76 Å². The van der Waals surface area contributed by atoms with Crippen molar-refractivity contribution in [3.8, 4) is 10.8 Å². The first-order valence-corrected chi connectivity index (χ1v) is 4.62. The molecule has 0 radical (unpaired) electrons. The molecule has 0 aliphatic carbocycles. The van der Waals surface area contributed by atoms with Crippen LogP contribution in [0.5, 0.6) is 0 Å². The van der Waals surface area contributed by atoms with Crippen LogP contribution in [0.1, 0.15) is 11.3 Å². The van der Waals surface area contributed by atoms with Crippen LogP contribution in [0.4, 0.5) is 0 Å². The third kappa shape index (κ3) is 1.16. The van der Waals surface area contributed by atoms with E-state index in [9.17, 15) is 0 Å². The highest BCUT2D eigenvalue weighted by Gasteiger charge is 2.07. The normalized spacial score (nSPS) is 10.5. The van der Waals surface area contributed by atoms with Crippen molar-refractivity contribution in [2.75, 3.05) is 0 Å². The second kappa shape index (κ2) is 2.75. The molecule has 0 N–H and O–H groups in total. The van der Waals surface area contributed by atoms with Gasteiger partial charge in [0.05, 0.1) is 11.1 Å². The summed E-state index contributed by atoms with van der Waals surface area (Å²) in [5, 5.41) is 2.05. The van der Waals surface area contributed by atoms with Crippen LogP contribution in [0.15, 0.2) is 22.1 Å². The Bertz CT molecular complexity index is 389. The fourth-order valence-corrected chi connectivity index (χ4v) is 1.91. The molecule has 2 nitrogen and oxygen atoms in total. The lowest BCUT2D eigenvalue weighted by Crippen LogP contribution is -1.72. The molecule has 0 saturated heterocycles. The summed E-state index contributed by atoms with van der Waals surface area (Å²) >= 11 is 1.66. The van der Waals surface area contributed by atoms with Crippen LogP contribution in [-0.2, 0) is 0 Å². The Morgan fingerprint density at radius 2 is 2.25 bits per heavy atom. The number of hydrogen-bond acceptors (Lipinski definition) is 3. The second-order valence-corrected chi connectivity index (χ2v) is 3.62. The molecule has 0 saturated carbocycles. The molecule has 0 amide bonds. The van der Waals surface area contributed by atoms with Crippen LogP contribution in [-0.4, -0.2) is 4.98 Å². The Morgan fingerprint density at radius 1 is 1.42 bits per heavy atom. The van der Waals surface area contributed by atoms with Gasteiger partial charge in [-0.15, -0.1) is 11.3 Å². The average Bonchev–Trinajstić information content (AvgIpc) is 2.58. The lowest BCUT2D eigenvalue weighted by atomic mass is 10.3. The van der Waals surface area contributed by atoms with Crippen molar-refractivity contribution >= 4 is 11.3 Å². The third-order valence-electron chi connectivity index (χ3n) is 1.68. The van der Waals surface area contributed by atoms with Crippen molar-refractivity contribution in [2.24, 2.45) is 0 Å². The number of rotatable bonds is 1. The Hall–Kier alpha value is -1.09. The van der Waals surface area contributed by atoms with Gasteiger partial charge in [-0.3, -0.25) is 0 Å². The van der Waals surface area contributed by atoms with E-state index in [0.29, 0.717) is 0 Å². The predicted molar refractivity (Wildman–Crippen MR) is 49.3 cm³/mol. The fraction of sp³-hybridized carbons (Fsp3) is 0.222. The highest BCUT2D eigenvalue weighted by molar-refractivity contribution is 7.13. The summed E-state index contributed by atoms with van der Waals surface area (Å²) in [4.78, 5) is 5.29. The van der Waals surface area contributed by atoms with E-state index in [1.807, 2.05) is 12.3 Å². The molecule has 0 bridgehead atoms. The molecule has 0 aromatic carbocycles. The summed E-state index contributed by atoms with van der Waals surface area (Å²) in [6, 6.07) is 2.07. The summed E-state index contributed by atoms with van der Waals surface area (Å²) in [6.45, 7) is 3.96. The molecule has 0 fully saturated rings. The Kier molecular flexibility index (Phi) is 1.73. The zero-order valence-corrected chi connectivity index (χ0v) is 7.81. The van der Waals surface area contributed by atoms with Gasteiger partial charge in [-0.05, 0) is 30.9 Å². The van der Waals surface area contributed by atoms with E-state index in [1.54, 1.807) is 17.5 Å². The number of thiophene rings is 1. The first kappa shape index (κ1) is 7.55. The molecule has 0 atom stereocenters. The van der Waals surface area contributed by atoms with Crippen molar-refractivity contribution in [1.29, 1.82) is 0 Å². The molecule has 12 heavy (non-hydrogen) atoms. The topological polar surface area (TPSA) is 26.0 Å². The zero-order chi connectivity index (χ0) is 8.55. The minimum atomic E-state index is 0.736. The van der Waals surface area contributed by atoms with Crippen molar-refractivity contribution in [3.05, 3.63) is 29.0 Å². The maximum absolute atomic E-state index is 5.41. The number of aryl methyl sites for hydroxylation is 2. The maximum Gasteiger partial charge on any atom is 0.236 e. The molecular weight excluding hydrogens is 170 g/mol. The molecule has 2 heterocycles. The molecule has 3 heteroatoms. The maximum atomic E-state index is 5.41. The molecule has 0 spiro atoms. The first-order valence-electron chi connectivity index (χ1n) is 3.74. The van der Waals surface area contributed by atoms with Crippen molar-refractivity contribution in [3.63, 3.8) is 0 Å². The lowest BCUT2D eigenvalue weighted by Gasteiger charge is -1.90. The smallest absolute Gasteiger partial charge is 0.236 e. The number of nitrogens with zero attached hydrogens (tertiary/aromatic N) is 1. The van der Waals surface area contributed by atoms with Gasteiger partial charge in [-0.1, -0.05) is 0 Å². The van der Waals surface area contributed by atoms with E-state index < -0.39 is 0 Å². The number of oxazole rings is 1. The molecule has 0 aliphatic heterocycles. The molecule has 62 valence electrons. The summed E-state index contributed by atoms with van der Waals surface area (Å²) in [6.07, 6.45) is 1.74. The molecule has 2 aromatic heterocycles. The molecule has 0 aliphatic rings. The molecular formula is C9H9NOS. The van der Waals surface area contributed by atoms with Crippen LogP contribution in [0, 0.1) is 13.8 Å². The molecule has 2 aromatic rings. The largest absolute Gasteiger partial charge is 0.441 e. The summed E-state index contributed by atoms with van der Waals surface area (Å²) in [7, 11) is 0. The van der Waals surface area contributed by atoms with E-state index in [2.05, 4.69) is 18.0 Å². The standard InChI is InChI=1S/C9H9NOS/c1-6-3-4-12-8(6)9-10-5-7(2)11-9/h3-5H,1-2H3. The van der Waals surface area contributed by atoms with Gasteiger partial charge >= 0.3 is 0 Å². The summed E-state index contributed by atoms with van der Waals surface area (Å²) in [5.74, 6) is 1.60. The van der Waals surface area contributed by atoms with Crippen LogP contribution < -0.4 is 0 Å². The first-order chi connectivity index (χ1) is 5.77. The lowest BCUT2D eigenvalue weighted by molar-refractivity contribution is 0.543. The predicted octanol–water partition coefficient (Wildman–Crippen LogP) is 3.02. The van der Waals surface area contributed by atoms with Crippen molar-refractivity contribution in [2.45, 2.75) is 13.8 Å². The van der Waals surface area contributed by atoms with E-state index in [4.69, 9.17) is 4.42 Å². The Labute approximate surface area is 74.9 Å². The van der Waals surface area contributed by atoms with Crippen LogP contribution in [0.25, 0.3) is 10.8 Å². The Morgan fingerprint density at radius 3 is 2.75 bits per heavy atom.